The zero-order valence-corrected chi connectivity index (χ0v) is 10.5. The van der Waals surface area contributed by atoms with Crippen LogP contribution in [-0.4, -0.2) is 25.7 Å². The summed E-state index contributed by atoms with van der Waals surface area (Å²) < 4.78 is 86.2. The molecule has 0 unspecified atom stereocenters. The molecule has 20 heavy (non-hydrogen) atoms. The smallest absolute Gasteiger partial charge is 0.327 e. The second kappa shape index (κ2) is 5.90. The van der Waals surface area contributed by atoms with Crippen LogP contribution in [-0.2, 0) is 10.7 Å². The molecule has 0 heterocycles. The van der Waals surface area contributed by atoms with Crippen molar-refractivity contribution in [3.05, 3.63) is 29.8 Å². The van der Waals surface area contributed by atoms with Crippen LogP contribution in [0, 0.1) is 0 Å². The minimum atomic E-state index is -4.28. The number of halogens is 6. The molecule has 0 aliphatic heterocycles. The zero-order chi connectivity index (χ0) is 15.6. The van der Waals surface area contributed by atoms with Crippen molar-refractivity contribution in [2.45, 2.75) is 31.5 Å². The molecule has 1 aromatic carbocycles. The van der Waals surface area contributed by atoms with E-state index in [2.05, 4.69) is 4.74 Å². The van der Waals surface area contributed by atoms with Crippen LogP contribution in [0.4, 0.5) is 26.3 Å². The van der Waals surface area contributed by atoms with Gasteiger partial charge in [-0.05, 0) is 24.3 Å². The fraction of sp³-hybridized carbons (Fsp3) is 0.500. The molecule has 114 valence electrons. The first-order valence-electron chi connectivity index (χ1n) is 5.42. The zero-order valence-electron chi connectivity index (χ0n) is 10.5. The lowest BCUT2D eigenvalue weighted by Gasteiger charge is -2.24. The van der Waals surface area contributed by atoms with Gasteiger partial charge < -0.3 is 9.47 Å². The summed E-state index contributed by atoms with van der Waals surface area (Å²) in [6.45, 7) is 0.0932. The molecular weight excluding hydrogens is 290 g/mol. The molecule has 0 saturated heterocycles. The third-order valence-corrected chi connectivity index (χ3v) is 2.40. The number of rotatable bonds is 6. The Kier molecular flexibility index (Phi) is 4.90. The summed E-state index contributed by atoms with van der Waals surface area (Å²) in [6, 6.07) is 3.90. The van der Waals surface area contributed by atoms with Crippen LogP contribution in [0.3, 0.4) is 0 Å². The standard InChI is InChI=1S/C12H12F6O2/c1-11(15,16)9(13)20-10(14)12(17,18)7-3-5-8(19-2)6-4-7/h3-6,9-10H,1-2H3/t9-,10-/m1/s1. The van der Waals surface area contributed by atoms with Crippen molar-refractivity contribution in [2.75, 3.05) is 7.11 Å². The minimum Gasteiger partial charge on any atom is -0.497 e. The van der Waals surface area contributed by atoms with E-state index in [0.29, 0.717) is 0 Å². The van der Waals surface area contributed by atoms with E-state index >= 15 is 0 Å². The summed E-state index contributed by atoms with van der Waals surface area (Å²) in [5, 5.41) is 0. The van der Waals surface area contributed by atoms with Gasteiger partial charge in [-0.1, -0.05) is 0 Å². The van der Waals surface area contributed by atoms with Crippen molar-refractivity contribution in [2.24, 2.45) is 0 Å². The number of alkyl halides is 6. The van der Waals surface area contributed by atoms with Gasteiger partial charge in [-0.2, -0.15) is 8.78 Å². The quantitative estimate of drug-likeness (QED) is 0.738. The van der Waals surface area contributed by atoms with Crippen LogP contribution < -0.4 is 4.74 Å². The molecule has 1 rings (SSSR count). The highest BCUT2D eigenvalue weighted by atomic mass is 19.3. The van der Waals surface area contributed by atoms with Crippen molar-refractivity contribution in [1.82, 2.24) is 0 Å². The van der Waals surface area contributed by atoms with E-state index in [4.69, 9.17) is 4.74 Å². The molecule has 0 bridgehead atoms. The number of methoxy groups -OCH3 is 1. The Morgan fingerprint density at radius 3 is 1.85 bits per heavy atom. The van der Waals surface area contributed by atoms with E-state index in [1.165, 1.54) is 7.11 Å². The molecular formula is C12H12F6O2. The van der Waals surface area contributed by atoms with E-state index in [-0.39, 0.29) is 12.7 Å². The first-order chi connectivity index (χ1) is 9.09. The predicted octanol–water partition coefficient (Wildman–Crippen LogP) is 4.05. The molecule has 0 aromatic heterocycles. The van der Waals surface area contributed by atoms with Crippen molar-refractivity contribution in [1.29, 1.82) is 0 Å². The maximum absolute atomic E-state index is 13.6. The van der Waals surface area contributed by atoms with Gasteiger partial charge in [-0.3, -0.25) is 0 Å². The summed E-state index contributed by atoms with van der Waals surface area (Å²) >= 11 is 0. The molecule has 0 aliphatic rings. The van der Waals surface area contributed by atoms with Gasteiger partial charge in [0.1, 0.15) is 5.75 Å². The third-order valence-electron chi connectivity index (χ3n) is 2.40. The van der Waals surface area contributed by atoms with Crippen molar-refractivity contribution in [3.8, 4) is 5.75 Å². The van der Waals surface area contributed by atoms with Crippen molar-refractivity contribution < 1.29 is 35.8 Å². The maximum atomic E-state index is 13.6. The average Bonchev–Trinajstić information content (AvgIpc) is 2.37. The molecule has 0 N–H and O–H groups in total. The highest BCUT2D eigenvalue weighted by Crippen LogP contribution is 2.37. The fourth-order valence-electron chi connectivity index (χ4n) is 1.25. The van der Waals surface area contributed by atoms with Gasteiger partial charge in [-0.25, -0.2) is 17.6 Å². The molecule has 0 saturated carbocycles. The topological polar surface area (TPSA) is 18.5 Å². The van der Waals surface area contributed by atoms with Crippen LogP contribution in [0.5, 0.6) is 5.75 Å². The molecule has 0 aliphatic carbocycles. The Labute approximate surface area is 111 Å². The summed E-state index contributed by atoms with van der Waals surface area (Å²) in [7, 11) is 1.30. The summed E-state index contributed by atoms with van der Waals surface area (Å²) in [6.07, 6.45) is -7.02. The van der Waals surface area contributed by atoms with E-state index in [0.717, 1.165) is 24.3 Å². The lowest BCUT2D eigenvalue weighted by Crippen LogP contribution is -2.38. The third kappa shape index (κ3) is 3.78. The monoisotopic (exact) mass is 302 g/mol. The van der Waals surface area contributed by atoms with Crippen LogP contribution in [0.25, 0.3) is 0 Å². The van der Waals surface area contributed by atoms with Crippen LogP contribution >= 0.6 is 0 Å². The molecule has 0 amide bonds. The molecule has 2 atom stereocenters. The van der Waals surface area contributed by atoms with Gasteiger partial charge in [0.15, 0.2) is 0 Å². The number of hydrogen-bond donors (Lipinski definition) is 0. The fourth-order valence-corrected chi connectivity index (χ4v) is 1.25. The van der Waals surface area contributed by atoms with Crippen LogP contribution in [0.15, 0.2) is 24.3 Å². The summed E-state index contributed by atoms with van der Waals surface area (Å²) in [5.41, 5.74) is -0.850. The minimum absolute atomic E-state index is 0.0932. The SMILES string of the molecule is COc1ccc(C(F)(F)[C@H](F)O[C@@H](F)C(C)(F)F)cc1. The molecule has 2 nitrogen and oxygen atoms in total. The van der Waals surface area contributed by atoms with Gasteiger partial charge >= 0.3 is 5.92 Å². The lowest BCUT2D eigenvalue weighted by atomic mass is 10.1. The van der Waals surface area contributed by atoms with Crippen molar-refractivity contribution in [3.63, 3.8) is 0 Å². The molecule has 0 radical (unpaired) electrons. The predicted molar refractivity (Wildman–Crippen MR) is 58.4 cm³/mol. The van der Waals surface area contributed by atoms with E-state index in [1.807, 2.05) is 0 Å². The second-order valence-electron chi connectivity index (χ2n) is 4.08. The highest BCUT2D eigenvalue weighted by Gasteiger charge is 2.48. The number of benzene rings is 1. The van der Waals surface area contributed by atoms with Gasteiger partial charge in [0.25, 0.3) is 18.6 Å². The Morgan fingerprint density at radius 2 is 1.45 bits per heavy atom. The Bertz CT molecular complexity index is 429. The first-order valence-corrected chi connectivity index (χ1v) is 5.42. The maximum Gasteiger partial charge on any atom is 0.327 e. The first kappa shape index (κ1) is 16.6. The van der Waals surface area contributed by atoms with Crippen molar-refractivity contribution >= 4 is 0 Å². The second-order valence-corrected chi connectivity index (χ2v) is 4.08. The normalized spacial score (nSPS) is 15.8. The Balaban J connectivity index is 2.85. The van der Waals surface area contributed by atoms with E-state index in [9.17, 15) is 26.3 Å². The lowest BCUT2D eigenvalue weighted by molar-refractivity contribution is -0.287. The van der Waals surface area contributed by atoms with E-state index < -0.39 is 30.1 Å². The molecule has 0 fully saturated rings. The van der Waals surface area contributed by atoms with Crippen LogP contribution in [0.2, 0.25) is 0 Å². The largest absolute Gasteiger partial charge is 0.497 e. The van der Waals surface area contributed by atoms with Gasteiger partial charge in [0, 0.05) is 12.5 Å². The Hall–Kier alpha value is -1.44. The van der Waals surface area contributed by atoms with Gasteiger partial charge in [0.2, 0.25) is 0 Å². The van der Waals surface area contributed by atoms with Gasteiger partial charge in [-0.15, -0.1) is 0 Å². The summed E-state index contributed by atoms with van der Waals surface area (Å²) in [4.78, 5) is 0. The number of hydrogen-bond acceptors (Lipinski definition) is 2. The molecule has 1 aromatic rings. The molecule has 8 heteroatoms. The van der Waals surface area contributed by atoms with Gasteiger partial charge in [0.05, 0.1) is 7.11 Å². The van der Waals surface area contributed by atoms with Crippen LogP contribution in [0.1, 0.15) is 12.5 Å². The van der Waals surface area contributed by atoms with E-state index in [1.54, 1.807) is 0 Å². The number of ether oxygens (including phenoxy) is 2. The summed E-state index contributed by atoms with van der Waals surface area (Å²) in [5.74, 6) is -8.12. The Morgan fingerprint density at radius 1 is 0.950 bits per heavy atom. The average molecular weight is 302 g/mol. The highest BCUT2D eigenvalue weighted by molar-refractivity contribution is 5.30. The molecule has 0 spiro atoms.